The van der Waals surface area contributed by atoms with Gasteiger partial charge in [0, 0.05) is 12.6 Å². The van der Waals surface area contributed by atoms with E-state index in [2.05, 4.69) is 17.6 Å². The molecule has 0 aliphatic carbocycles. The second-order valence-corrected chi connectivity index (χ2v) is 8.93. The monoisotopic (exact) mass is 433 g/mol. The summed E-state index contributed by atoms with van der Waals surface area (Å²) in [5.41, 5.74) is 2.15. The molecule has 0 fully saturated rings. The zero-order valence-electron chi connectivity index (χ0n) is 20.3. The van der Waals surface area contributed by atoms with E-state index >= 15 is 0 Å². The minimum absolute atomic E-state index is 0.00110. The van der Waals surface area contributed by atoms with Crippen LogP contribution in [-0.2, 0) is 14.3 Å². The van der Waals surface area contributed by atoms with Crippen LogP contribution in [0.15, 0.2) is 18.2 Å². The van der Waals surface area contributed by atoms with Gasteiger partial charge < -0.3 is 20.3 Å². The molecule has 0 saturated carbocycles. The van der Waals surface area contributed by atoms with Crippen LogP contribution >= 0.6 is 0 Å². The van der Waals surface area contributed by atoms with Crippen molar-refractivity contribution in [1.82, 2.24) is 15.5 Å². The Labute approximate surface area is 186 Å². The van der Waals surface area contributed by atoms with Crippen molar-refractivity contribution in [2.45, 2.75) is 85.9 Å². The van der Waals surface area contributed by atoms with Crippen LogP contribution in [0.2, 0.25) is 0 Å². The molecule has 0 aliphatic heterocycles. The van der Waals surface area contributed by atoms with Gasteiger partial charge in [-0.1, -0.05) is 31.5 Å². The van der Waals surface area contributed by atoms with Gasteiger partial charge in [0.25, 0.3) is 0 Å². The predicted molar refractivity (Wildman–Crippen MR) is 123 cm³/mol. The number of alkyl carbamates (subject to hydrolysis) is 1. The molecule has 31 heavy (non-hydrogen) atoms. The molecular weight excluding hydrogens is 394 g/mol. The number of hydrogen-bond donors (Lipinski definition) is 2. The van der Waals surface area contributed by atoms with Gasteiger partial charge in [0.15, 0.2) is 0 Å². The molecule has 2 unspecified atom stereocenters. The van der Waals surface area contributed by atoms with Gasteiger partial charge in [0.05, 0.1) is 0 Å². The zero-order valence-corrected chi connectivity index (χ0v) is 20.3. The molecule has 1 aromatic rings. The minimum Gasteiger partial charge on any atom is -0.444 e. The number of likely N-dealkylation sites (N-methyl/N-ethyl adjacent to an activating group) is 1. The molecule has 7 nitrogen and oxygen atoms in total. The number of aryl methyl sites for hydroxylation is 1. The first-order valence-corrected chi connectivity index (χ1v) is 11.0. The summed E-state index contributed by atoms with van der Waals surface area (Å²) in [5, 5.41) is 5.55. The predicted octanol–water partition coefficient (Wildman–Crippen LogP) is 4.02. The fourth-order valence-electron chi connectivity index (χ4n) is 3.41. The number of hydrogen-bond acceptors (Lipinski definition) is 4. The maximum absolute atomic E-state index is 13.3. The molecule has 1 rings (SSSR count). The number of carbonyl (C=O) groups excluding carboxylic acids is 3. The van der Waals surface area contributed by atoms with Crippen molar-refractivity contribution >= 4 is 17.9 Å². The molecule has 2 N–H and O–H groups in total. The second kappa shape index (κ2) is 11.7. The molecule has 0 spiro atoms. The Kier molecular flexibility index (Phi) is 10.0. The molecule has 7 heteroatoms. The van der Waals surface area contributed by atoms with Gasteiger partial charge in [0.1, 0.15) is 18.2 Å². The molecule has 0 aromatic heterocycles. The topological polar surface area (TPSA) is 87.7 Å². The first kappa shape index (κ1) is 26.5. The molecular formula is C24H39N3O4. The Morgan fingerprint density at radius 2 is 1.77 bits per heavy atom. The van der Waals surface area contributed by atoms with E-state index < -0.39 is 17.7 Å². The van der Waals surface area contributed by atoms with Gasteiger partial charge >= 0.3 is 6.09 Å². The molecule has 0 bridgehead atoms. The number of rotatable bonds is 9. The van der Waals surface area contributed by atoms with E-state index in [0.29, 0.717) is 6.54 Å². The van der Waals surface area contributed by atoms with Crippen molar-refractivity contribution < 1.29 is 19.1 Å². The summed E-state index contributed by atoms with van der Waals surface area (Å²) in [6, 6.07) is 4.98. The summed E-state index contributed by atoms with van der Waals surface area (Å²) in [6.07, 6.45) is 1.14. The SMILES string of the molecule is CCCC(C)NC(=O)C(c1cccc(C)c1C)N(CC)C(=O)CNC(=O)OC(C)(C)C. The number of carbonyl (C=O) groups is 3. The highest BCUT2D eigenvalue weighted by Crippen LogP contribution is 2.26. The Bertz CT molecular complexity index is 771. The van der Waals surface area contributed by atoms with E-state index in [1.165, 1.54) is 4.90 Å². The van der Waals surface area contributed by atoms with Crippen molar-refractivity contribution in [2.24, 2.45) is 0 Å². The molecule has 0 heterocycles. The van der Waals surface area contributed by atoms with Crippen LogP contribution in [0.1, 0.15) is 77.1 Å². The Balaban J connectivity index is 3.16. The number of benzene rings is 1. The number of nitrogens with zero attached hydrogens (tertiary/aromatic N) is 1. The highest BCUT2D eigenvalue weighted by molar-refractivity contribution is 5.90. The summed E-state index contributed by atoms with van der Waals surface area (Å²) in [4.78, 5) is 39.8. The summed E-state index contributed by atoms with van der Waals surface area (Å²) in [6.45, 7) is 15.1. The molecule has 0 saturated heterocycles. The van der Waals surface area contributed by atoms with E-state index in [0.717, 1.165) is 29.5 Å². The summed E-state index contributed by atoms with van der Waals surface area (Å²) in [5.74, 6) is -0.570. The molecule has 0 aliphatic rings. The maximum Gasteiger partial charge on any atom is 0.408 e. The van der Waals surface area contributed by atoms with Crippen molar-refractivity contribution in [3.8, 4) is 0 Å². The minimum atomic E-state index is -0.780. The first-order chi connectivity index (χ1) is 14.4. The molecule has 0 radical (unpaired) electrons. The van der Waals surface area contributed by atoms with Gasteiger partial charge in [0.2, 0.25) is 11.8 Å². The van der Waals surface area contributed by atoms with Crippen LogP contribution in [0, 0.1) is 13.8 Å². The van der Waals surface area contributed by atoms with Crippen molar-refractivity contribution in [3.05, 3.63) is 34.9 Å². The zero-order chi connectivity index (χ0) is 23.8. The van der Waals surface area contributed by atoms with Crippen molar-refractivity contribution in [1.29, 1.82) is 0 Å². The molecule has 174 valence electrons. The normalized spacial score (nSPS) is 13.2. The van der Waals surface area contributed by atoms with Gasteiger partial charge in [-0.25, -0.2) is 4.79 Å². The van der Waals surface area contributed by atoms with Gasteiger partial charge in [-0.15, -0.1) is 0 Å². The highest BCUT2D eigenvalue weighted by atomic mass is 16.6. The average molecular weight is 434 g/mol. The second-order valence-electron chi connectivity index (χ2n) is 8.93. The van der Waals surface area contributed by atoms with Gasteiger partial charge in [-0.3, -0.25) is 9.59 Å². The Morgan fingerprint density at radius 3 is 2.32 bits per heavy atom. The quantitative estimate of drug-likeness (QED) is 0.616. The van der Waals surface area contributed by atoms with E-state index in [4.69, 9.17) is 4.74 Å². The van der Waals surface area contributed by atoms with Crippen LogP contribution in [-0.4, -0.2) is 47.5 Å². The lowest BCUT2D eigenvalue weighted by Crippen LogP contribution is -2.49. The van der Waals surface area contributed by atoms with Crippen LogP contribution in [0.5, 0.6) is 0 Å². The summed E-state index contributed by atoms with van der Waals surface area (Å²) >= 11 is 0. The van der Waals surface area contributed by atoms with Gasteiger partial charge in [-0.2, -0.15) is 0 Å². The number of amides is 3. The van der Waals surface area contributed by atoms with E-state index in [-0.39, 0.29) is 24.4 Å². The highest BCUT2D eigenvalue weighted by Gasteiger charge is 2.32. The van der Waals surface area contributed by atoms with Crippen LogP contribution in [0.4, 0.5) is 4.79 Å². The average Bonchev–Trinajstić information content (AvgIpc) is 2.65. The third-order valence-corrected chi connectivity index (χ3v) is 5.06. The van der Waals surface area contributed by atoms with Crippen molar-refractivity contribution in [2.75, 3.05) is 13.1 Å². The lowest BCUT2D eigenvalue weighted by Gasteiger charge is -2.32. The molecule has 2 atom stereocenters. The van der Waals surface area contributed by atoms with E-state index in [1.54, 1.807) is 20.8 Å². The fourth-order valence-corrected chi connectivity index (χ4v) is 3.41. The third kappa shape index (κ3) is 8.23. The third-order valence-electron chi connectivity index (χ3n) is 5.06. The Hall–Kier alpha value is -2.57. The first-order valence-electron chi connectivity index (χ1n) is 11.0. The molecule has 1 aromatic carbocycles. The number of ether oxygens (including phenoxy) is 1. The lowest BCUT2D eigenvalue weighted by molar-refractivity contribution is -0.140. The summed E-state index contributed by atoms with van der Waals surface area (Å²) < 4.78 is 5.21. The summed E-state index contributed by atoms with van der Waals surface area (Å²) in [7, 11) is 0. The lowest BCUT2D eigenvalue weighted by atomic mass is 9.95. The maximum atomic E-state index is 13.3. The number of nitrogens with one attached hydrogen (secondary N) is 2. The van der Waals surface area contributed by atoms with Gasteiger partial charge in [-0.05, 0) is 71.6 Å². The smallest absolute Gasteiger partial charge is 0.408 e. The fraction of sp³-hybridized carbons (Fsp3) is 0.625. The standard InChI is InChI=1S/C24H39N3O4/c1-9-12-17(4)26-22(29)21(19-14-11-13-16(3)18(19)5)27(10-2)20(28)15-25-23(30)31-24(6,7)8/h11,13-14,17,21H,9-10,12,15H2,1-8H3,(H,25,30)(H,26,29). The van der Waals surface area contributed by atoms with Crippen molar-refractivity contribution in [3.63, 3.8) is 0 Å². The van der Waals surface area contributed by atoms with Crippen LogP contribution in [0.3, 0.4) is 0 Å². The largest absolute Gasteiger partial charge is 0.444 e. The molecule has 3 amide bonds. The van der Waals surface area contributed by atoms with Crippen LogP contribution < -0.4 is 10.6 Å². The van der Waals surface area contributed by atoms with E-state index in [9.17, 15) is 14.4 Å². The van der Waals surface area contributed by atoms with Crippen LogP contribution in [0.25, 0.3) is 0 Å². The van der Waals surface area contributed by atoms with E-state index in [1.807, 2.05) is 45.9 Å². The Morgan fingerprint density at radius 1 is 1.13 bits per heavy atom.